The molecule has 4 rings (SSSR count). The van der Waals surface area contributed by atoms with Crippen molar-refractivity contribution in [2.45, 2.75) is 33.5 Å². The van der Waals surface area contributed by atoms with Crippen LogP contribution < -0.4 is 10.6 Å². The van der Waals surface area contributed by atoms with Gasteiger partial charge in [-0.25, -0.2) is 4.79 Å². The molecule has 0 radical (unpaired) electrons. The van der Waals surface area contributed by atoms with Gasteiger partial charge in [-0.15, -0.1) is 0 Å². The van der Waals surface area contributed by atoms with Crippen molar-refractivity contribution >= 4 is 17.4 Å². The van der Waals surface area contributed by atoms with Crippen LogP contribution >= 0.6 is 0 Å². The summed E-state index contributed by atoms with van der Waals surface area (Å²) in [5, 5.41) is 5.91. The molecule has 1 aliphatic rings. The number of anilines is 2. The normalized spacial score (nSPS) is 13.2. The van der Waals surface area contributed by atoms with Crippen LogP contribution in [-0.4, -0.2) is 10.9 Å². The molecule has 3 aromatic carbocycles. The first-order valence-corrected chi connectivity index (χ1v) is 9.60. The van der Waals surface area contributed by atoms with E-state index in [0.717, 1.165) is 42.1 Å². The predicted molar refractivity (Wildman–Crippen MR) is 114 cm³/mol. The van der Waals surface area contributed by atoms with Crippen molar-refractivity contribution in [3.05, 3.63) is 94.5 Å². The van der Waals surface area contributed by atoms with E-state index in [1.54, 1.807) is 0 Å². The van der Waals surface area contributed by atoms with Crippen molar-refractivity contribution < 1.29 is 4.79 Å². The van der Waals surface area contributed by atoms with Crippen molar-refractivity contribution in [3.8, 4) is 0 Å². The summed E-state index contributed by atoms with van der Waals surface area (Å²) in [5.74, 6) is 0. The second kappa shape index (κ2) is 7.87. The van der Waals surface area contributed by atoms with Crippen LogP contribution in [0, 0.1) is 13.8 Å². The fourth-order valence-electron chi connectivity index (χ4n) is 3.65. The number of aryl methyl sites for hydroxylation is 2. The standard InChI is InChI=1S/C24H25N3O/c1-17-8-9-18(2)23(12-17)26-24(28)25-22-11-10-20-15-27(16-21(20)13-22)14-19-6-4-3-5-7-19/h3-13H,14-16H2,1-2H3,(H2,25,26,28). The van der Waals surface area contributed by atoms with Crippen molar-refractivity contribution in [2.24, 2.45) is 0 Å². The number of amides is 2. The van der Waals surface area contributed by atoms with Crippen LogP contribution in [0.5, 0.6) is 0 Å². The summed E-state index contributed by atoms with van der Waals surface area (Å²) in [5.41, 5.74) is 7.76. The highest BCUT2D eigenvalue weighted by atomic mass is 16.2. The smallest absolute Gasteiger partial charge is 0.308 e. The molecule has 0 saturated carbocycles. The van der Waals surface area contributed by atoms with Gasteiger partial charge in [-0.05, 0) is 59.9 Å². The number of urea groups is 1. The average molecular weight is 371 g/mol. The van der Waals surface area contributed by atoms with E-state index in [9.17, 15) is 4.79 Å². The number of rotatable bonds is 4. The predicted octanol–water partition coefficient (Wildman–Crippen LogP) is 5.46. The zero-order valence-corrected chi connectivity index (χ0v) is 16.3. The summed E-state index contributed by atoms with van der Waals surface area (Å²) in [6.07, 6.45) is 0. The monoisotopic (exact) mass is 371 g/mol. The molecule has 0 spiro atoms. The molecule has 2 N–H and O–H groups in total. The molecular formula is C24H25N3O. The number of hydrogen-bond acceptors (Lipinski definition) is 2. The van der Waals surface area contributed by atoms with E-state index in [1.807, 2.05) is 44.2 Å². The highest BCUT2D eigenvalue weighted by molar-refractivity contribution is 6.00. The number of benzene rings is 3. The summed E-state index contributed by atoms with van der Waals surface area (Å²) in [6.45, 7) is 6.79. The van der Waals surface area contributed by atoms with E-state index in [1.165, 1.54) is 16.7 Å². The number of carbonyl (C=O) groups excluding carboxylic acids is 1. The zero-order valence-electron chi connectivity index (χ0n) is 16.3. The van der Waals surface area contributed by atoms with Gasteiger partial charge in [0.05, 0.1) is 0 Å². The van der Waals surface area contributed by atoms with Gasteiger partial charge in [0.25, 0.3) is 0 Å². The van der Waals surface area contributed by atoms with Gasteiger partial charge in [0.15, 0.2) is 0 Å². The number of hydrogen-bond donors (Lipinski definition) is 2. The third kappa shape index (κ3) is 4.24. The van der Waals surface area contributed by atoms with Gasteiger partial charge in [-0.1, -0.05) is 48.5 Å². The highest BCUT2D eigenvalue weighted by Gasteiger charge is 2.19. The third-order valence-electron chi connectivity index (χ3n) is 5.14. The molecule has 0 atom stereocenters. The minimum atomic E-state index is -0.215. The van der Waals surface area contributed by atoms with Gasteiger partial charge in [-0.2, -0.15) is 0 Å². The average Bonchev–Trinajstić information content (AvgIpc) is 3.07. The van der Waals surface area contributed by atoms with E-state index < -0.39 is 0 Å². The molecule has 4 heteroatoms. The lowest BCUT2D eigenvalue weighted by Crippen LogP contribution is -2.20. The minimum absolute atomic E-state index is 0.215. The topological polar surface area (TPSA) is 44.4 Å². The van der Waals surface area contributed by atoms with Crippen molar-refractivity contribution in [1.29, 1.82) is 0 Å². The van der Waals surface area contributed by atoms with Crippen LogP contribution in [0.15, 0.2) is 66.7 Å². The van der Waals surface area contributed by atoms with Gasteiger partial charge < -0.3 is 10.6 Å². The van der Waals surface area contributed by atoms with Crippen molar-refractivity contribution in [3.63, 3.8) is 0 Å². The molecule has 0 aliphatic carbocycles. The molecule has 0 bridgehead atoms. The van der Waals surface area contributed by atoms with Gasteiger partial charge in [0.1, 0.15) is 0 Å². The molecule has 0 fully saturated rings. The Morgan fingerprint density at radius 1 is 0.893 bits per heavy atom. The van der Waals surface area contributed by atoms with Gasteiger partial charge in [-0.3, -0.25) is 4.90 Å². The lowest BCUT2D eigenvalue weighted by atomic mass is 10.1. The molecule has 0 unspecified atom stereocenters. The first-order chi connectivity index (χ1) is 13.6. The molecule has 2 amide bonds. The van der Waals surface area contributed by atoms with Crippen molar-refractivity contribution in [2.75, 3.05) is 10.6 Å². The summed E-state index contributed by atoms with van der Waals surface area (Å²) in [7, 11) is 0. The van der Waals surface area contributed by atoms with Crippen LogP contribution in [0.25, 0.3) is 0 Å². The first kappa shape index (κ1) is 18.3. The Bertz CT molecular complexity index is 998. The third-order valence-corrected chi connectivity index (χ3v) is 5.14. The van der Waals surface area contributed by atoms with E-state index in [-0.39, 0.29) is 6.03 Å². The molecule has 0 aromatic heterocycles. The summed E-state index contributed by atoms with van der Waals surface area (Å²) in [4.78, 5) is 14.8. The molecule has 3 aromatic rings. The molecular weight excluding hydrogens is 346 g/mol. The van der Waals surface area contributed by atoms with Gasteiger partial charge in [0.2, 0.25) is 0 Å². The van der Waals surface area contributed by atoms with Crippen molar-refractivity contribution in [1.82, 2.24) is 4.90 Å². The first-order valence-electron chi connectivity index (χ1n) is 9.60. The summed E-state index contributed by atoms with van der Waals surface area (Å²) >= 11 is 0. The van der Waals surface area contributed by atoms with E-state index in [2.05, 4.69) is 51.9 Å². The fourth-order valence-corrected chi connectivity index (χ4v) is 3.65. The number of nitrogens with zero attached hydrogens (tertiary/aromatic N) is 1. The van der Waals surface area contributed by atoms with E-state index in [4.69, 9.17) is 0 Å². The van der Waals surface area contributed by atoms with Crippen LogP contribution in [0.4, 0.5) is 16.2 Å². The molecule has 1 aliphatic heterocycles. The molecule has 28 heavy (non-hydrogen) atoms. The minimum Gasteiger partial charge on any atom is -0.308 e. The van der Waals surface area contributed by atoms with Gasteiger partial charge >= 0.3 is 6.03 Å². The maximum atomic E-state index is 12.4. The maximum Gasteiger partial charge on any atom is 0.323 e. The highest BCUT2D eigenvalue weighted by Crippen LogP contribution is 2.27. The lowest BCUT2D eigenvalue weighted by molar-refractivity contribution is 0.262. The van der Waals surface area contributed by atoms with Crippen LogP contribution in [0.2, 0.25) is 0 Å². The Balaban J connectivity index is 1.39. The Morgan fingerprint density at radius 3 is 2.50 bits per heavy atom. The van der Waals surface area contributed by atoms with Crippen LogP contribution in [0.3, 0.4) is 0 Å². The van der Waals surface area contributed by atoms with Crippen LogP contribution in [-0.2, 0) is 19.6 Å². The SMILES string of the molecule is Cc1ccc(C)c(NC(=O)Nc2ccc3c(c2)CN(Cc2ccccc2)C3)c1. The Hall–Kier alpha value is -3.11. The largest absolute Gasteiger partial charge is 0.323 e. The number of carbonyl (C=O) groups is 1. The molecule has 142 valence electrons. The Morgan fingerprint density at radius 2 is 1.68 bits per heavy atom. The summed E-state index contributed by atoms with van der Waals surface area (Å²) in [6, 6.07) is 22.5. The quantitative estimate of drug-likeness (QED) is 0.639. The van der Waals surface area contributed by atoms with E-state index in [0.29, 0.717) is 0 Å². The fraction of sp³-hybridized carbons (Fsp3) is 0.208. The second-order valence-corrected chi connectivity index (χ2v) is 7.51. The number of nitrogens with one attached hydrogen (secondary N) is 2. The molecule has 1 heterocycles. The zero-order chi connectivity index (χ0) is 19.5. The Labute approximate surface area is 166 Å². The second-order valence-electron chi connectivity index (χ2n) is 7.51. The summed E-state index contributed by atoms with van der Waals surface area (Å²) < 4.78 is 0. The maximum absolute atomic E-state index is 12.4. The lowest BCUT2D eigenvalue weighted by Gasteiger charge is -2.14. The number of fused-ring (bicyclic) bond motifs is 1. The van der Waals surface area contributed by atoms with Gasteiger partial charge in [0, 0.05) is 31.0 Å². The molecule has 0 saturated heterocycles. The van der Waals surface area contributed by atoms with Crippen LogP contribution in [0.1, 0.15) is 27.8 Å². The Kier molecular flexibility index (Phi) is 5.13. The van der Waals surface area contributed by atoms with E-state index >= 15 is 0 Å². The molecule has 4 nitrogen and oxygen atoms in total.